The first-order chi connectivity index (χ1) is 9.22. The Hall–Kier alpha value is -2.10. The maximum Gasteiger partial charge on any atom is 0.119 e. The summed E-state index contributed by atoms with van der Waals surface area (Å²) < 4.78 is 7.52. The Kier molecular flexibility index (Phi) is 4.34. The highest BCUT2D eigenvalue weighted by Crippen LogP contribution is 2.23. The summed E-state index contributed by atoms with van der Waals surface area (Å²) in [5.74, 6) is 1.02. The lowest BCUT2D eigenvalue weighted by molar-refractivity contribution is 0.283. The number of aromatic nitrogens is 2. The van der Waals surface area contributed by atoms with Crippen LogP contribution >= 0.6 is 0 Å². The standard InChI is InChI=1S/C15H19N3O/c1-3-12(8-16)11-19-15-6-4-5-13(7-15)14-9-17-18(2)10-14/h4-10,12,16H,3,11H2,1-2H3/t12-/m1/s1. The molecule has 4 heteroatoms. The van der Waals surface area contributed by atoms with Gasteiger partial charge in [0.15, 0.2) is 0 Å². The number of nitrogens with one attached hydrogen (secondary N) is 1. The minimum atomic E-state index is 0.182. The quantitative estimate of drug-likeness (QED) is 0.808. The van der Waals surface area contributed by atoms with E-state index in [1.807, 2.05) is 43.7 Å². The highest BCUT2D eigenvalue weighted by Gasteiger charge is 2.05. The molecule has 1 atom stereocenters. The van der Waals surface area contributed by atoms with E-state index in [1.54, 1.807) is 4.68 Å². The third-order valence-electron chi connectivity index (χ3n) is 3.10. The molecule has 0 spiro atoms. The van der Waals surface area contributed by atoms with Crippen molar-refractivity contribution >= 4 is 6.21 Å². The van der Waals surface area contributed by atoms with Gasteiger partial charge < -0.3 is 10.1 Å². The summed E-state index contributed by atoms with van der Waals surface area (Å²) in [6, 6.07) is 7.96. The Bertz CT molecular complexity index is 548. The smallest absolute Gasteiger partial charge is 0.119 e. The number of benzene rings is 1. The van der Waals surface area contributed by atoms with Gasteiger partial charge in [0.05, 0.1) is 12.8 Å². The molecular weight excluding hydrogens is 238 g/mol. The Labute approximate surface area is 113 Å². The van der Waals surface area contributed by atoms with Crippen LogP contribution in [0.25, 0.3) is 11.1 Å². The molecule has 0 fully saturated rings. The molecule has 0 saturated carbocycles. The molecule has 1 aromatic heterocycles. The molecule has 19 heavy (non-hydrogen) atoms. The minimum absolute atomic E-state index is 0.182. The first-order valence-electron chi connectivity index (χ1n) is 6.45. The first kappa shape index (κ1) is 13.3. The van der Waals surface area contributed by atoms with E-state index in [1.165, 1.54) is 6.21 Å². The summed E-state index contributed by atoms with van der Waals surface area (Å²) in [6.07, 6.45) is 6.19. The topological polar surface area (TPSA) is 50.9 Å². The van der Waals surface area contributed by atoms with Gasteiger partial charge in [-0.15, -0.1) is 0 Å². The van der Waals surface area contributed by atoms with Crippen LogP contribution in [-0.2, 0) is 7.05 Å². The van der Waals surface area contributed by atoms with Crippen LogP contribution < -0.4 is 4.74 Å². The van der Waals surface area contributed by atoms with Crippen molar-refractivity contribution in [3.05, 3.63) is 36.7 Å². The monoisotopic (exact) mass is 257 g/mol. The minimum Gasteiger partial charge on any atom is -0.493 e. The normalized spacial score (nSPS) is 12.1. The van der Waals surface area contributed by atoms with Gasteiger partial charge in [-0.3, -0.25) is 4.68 Å². The number of hydrogen-bond donors (Lipinski definition) is 1. The molecule has 0 amide bonds. The molecule has 1 aromatic carbocycles. The van der Waals surface area contributed by atoms with Gasteiger partial charge in [0.2, 0.25) is 0 Å². The Morgan fingerprint density at radius 1 is 1.42 bits per heavy atom. The van der Waals surface area contributed by atoms with E-state index in [4.69, 9.17) is 10.1 Å². The second-order valence-electron chi connectivity index (χ2n) is 4.58. The molecular formula is C15H19N3O. The van der Waals surface area contributed by atoms with Crippen molar-refractivity contribution in [2.75, 3.05) is 6.61 Å². The van der Waals surface area contributed by atoms with E-state index in [9.17, 15) is 0 Å². The molecule has 0 unspecified atom stereocenters. The van der Waals surface area contributed by atoms with Gasteiger partial charge in [-0.2, -0.15) is 5.10 Å². The number of nitrogens with zero attached hydrogens (tertiary/aromatic N) is 2. The summed E-state index contributed by atoms with van der Waals surface area (Å²) in [4.78, 5) is 0. The SMILES string of the molecule is CC[C@H](C=N)COc1cccc(-c2cnn(C)c2)c1. The summed E-state index contributed by atoms with van der Waals surface area (Å²) in [5.41, 5.74) is 2.17. The number of aryl methyl sites for hydroxylation is 1. The van der Waals surface area contributed by atoms with Crippen LogP contribution in [0.5, 0.6) is 5.75 Å². The van der Waals surface area contributed by atoms with Crippen LogP contribution in [0, 0.1) is 11.3 Å². The number of ether oxygens (including phenoxy) is 1. The number of hydrogen-bond acceptors (Lipinski definition) is 3. The lowest BCUT2D eigenvalue weighted by Gasteiger charge is -2.11. The molecule has 100 valence electrons. The molecule has 4 nitrogen and oxygen atoms in total. The summed E-state index contributed by atoms with van der Waals surface area (Å²) in [5, 5.41) is 11.5. The van der Waals surface area contributed by atoms with Crippen LogP contribution in [0.15, 0.2) is 36.7 Å². The fourth-order valence-corrected chi connectivity index (χ4v) is 1.82. The Morgan fingerprint density at radius 3 is 2.89 bits per heavy atom. The molecule has 0 aliphatic rings. The van der Waals surface area contributed by atoms with Crippen molar-refractivity contribution < 1.29 is 4.74 Å². The van der Waals surface area contributed by atoms with Crippen molar-refractivity contribution in [3.8, 4) is 16.9 Å². The van der Waals surface area contributed by atoms with E-state index < -0.39 is 0 Å². The van der Waals surface area contributed by atoms with Crippen molar-refractivity contribution in [3.63, 3.8) is 0 Å². The Morgan fingerprint density at radius 2 is 2.26 bits per heavy atom. The zero-order valence-electron chi connectivity index (χ0n) is 11.3. The maximum atomic E-state index is 7.29. The van der Waals surface area contributed by atoms with Crippen LogP contribution in [-0.4, -0.2) is 22.6 Å². The second kappa shape index (κ2) is 6.18. The second-order valence-corrected chi connectivity index (χ2v) is 4.58. The Balaban J connectivity index is 2.09. The van der Waals surface area contributed by atoms with E-state index >= 15 is 0 Å². The van der Waals surface area contributed by atoms with Crippen molar-refractivity contribution in [2.45, 2.75) is 13.3 Å². The van der Waals surface area contributed by atoms with Crippen molar-refractivity contribution in [1.82, 2.24) is 9.78 Å². The summed E-state index contributed by atoms with van der Waals surface area (Å²) in [6.45, 7) is 2.61. The van der Waals surface area contributed by atoms with E-state index in [0.717, 1.165) is 23.3 Å². The van der Waals surface area contributed by atoms with Crippen molar-refractivity contribution in [1.29, 1.82) is 5.41 Å². The van der Waals surface area contributed by atoms with E-state index in [2.05, 4.69) is 12.0 Å². The van der Waals surface area contributed by atoms with Gasteiger partial charge in [-0.25, -0.2) is 0 Å². The number of rotatable bonds is 6. The summed E-state index contributed by atoms with van der Waals surface area (Å²) >= 11 is 0. The van der Waals surface area contributed by atoms with Gasteiger partial charge in [-0.1, -0.05) is 19.1 Å². The lowest BCUT2D eigenvalue weighted by Crippen LogP contribution is -2.11. The maximum absolute atomic E-state index is 7.29. The van der Waals surface area contributed by atoms with Crippen LogP contribution in [0.1, 0.15) is 13.3 Å². The molecule has 0 saturated heterocycles. The first-order valence-corrected chi connectivity index (χ1v) is 6.45. The molecule has 0 aliphatic heterocycles. The third-order valence-corrected chi connectivity index (χ3v) is 3.10. The molecule has 0 aliphatic carbocycles. The van der Waals surface area contributed by atoms with Crippen molar-refractivity contribution in [2.24, 2.45) is 13.0 Å². The fraction of sp³-hybridized carbons (Fsp3) is 0.333. The average molecular weight is 257 g/mol. The average Bonchev–Trinajstić information content (AvgIpc) is 2.87. The fourth-order valence-electron chi connectivity index (χ4n) is 1.82. The zero-order valence-corrected chi connectivity index (χ0v) is 11.3. The van der Waals surface area contributed by atoms with Gasteiger partial charge in [-0.05, 0) is 24.1 Å². The van der Waals surface area contributed by atoms with Crippen LogP contribution in [0.4, 0.5) is 0 Å². The van der Waals surface area contributed by atoms with Crippen LogP contribution in [0.2, 0.25) is 0 Å². The van der Waals surface area contributed by atoms with Crippen LogP contribution in [0.3, 0.4) is 0 Å². The van der Waals surface area contributed by atoms with Gasteiger partial charge >= 0.3 is 0 Å². The highest BCUT2D eigenvalue weighted by molar-refractivity contribution is 5.63. The molecule has 2 rings (SSSR count). The highest BCUT2D eigenvalue weighted by atomic mass is 16.5. The van der Waals surface area contributed by atoms with E-state index in [-0.39, 0.29) is 5.92 Å². The molecule has 1 heterocycles. The van der Waals surface area contributed by atoms with Gasteiger partial charge in [0.1, 0.15) is 5.75 Å². The lowest BCUT2D eigenvalue weighted by atomic mass is 10.1. The van der Waals surface area contributed by atoms with E-state index in [0.29, 0.717) is 6.61 Å². The third kappa shape index (κ3) is 3.44. The predicted octanol–water partition coefficient (Wildman–Crippen LogP) is 3.14. The molecule has 2 aromatic rings. The molecule has 0 radical (unpaired) electrons. The summed E-state index contributed by atoms with van der Waals surface area (Å²) in [7, 11) is 1.90. The molecule has 1 N–H and O–H groups in total. The molecule has 0 bridgehead atoms. The van der Waals surface area contributed by atoms with Gasteiger partial charge in [0, 0.05) is 30.9 Å². The largest absolute Gasteiger partial charge is 0.493 e. The predicted molar refractivity (Wildman–Crippen MR) is 76.7 cm³/mol. The van der Waals surface area contributed by atoms with Gasteiger partial charge in [0.25, 0.3) is 0 Å². The zero-order chi connectivity index (χ0) is 13.7.